The van der Waals surface area contributed by atoms with Crippen molar-refractivity contribution in [1.29, 1.82) is 0 Å². The van der Waals surface area contributed by atoms with Gasteiger partial charge in [0.25, 0.3) is 0 Å². The Kier molecular flexibility index (Phi) is 11.8. The van der Waals surface area contributed by atoms with Gasteiger partial charge in [-0.15, -0.1) is 12.6 Å². The maximum absolute atomic E-state index is 9.28. The lowest BCUT2D eigenvalue weighted by atomic mass is 9.66. The van der Waals surface area contributed by atoms with Crippen LogP contribution in [-0.4, -0.2) is 30.4 Å². The number of nitrogens with one attached hydrogen (secondary N) is 1. The molecule has 0 aromatic heterocycles. The molecule has 2 N–H and O–H groups in total. The highest BCUT2D eigenvalue weighted by Gasteiger charge is 2.33. The summed E-state index contributed by atoms with van der Waals surface area (Å²) in [6, 6.07) is 0.220. The van der Waals surface area contributed by atoms with Crippen molar-refractivity contribution in [2.24, 2.45) is 16.7 Å². The molecule has 20 heavy (non-hydrogen) atoms. The second-order valence-corrected chi connectivity index (χ2v) is 7.33. The van der Waals surface area contributed by atoms with Gasteiger partial charge in [0.2, 0.25) is 0 Å². The molecule has 0 radical (unpaired) electrons. The number of aliphatic hydroxyl groups is 1. The van der Waals surface area contributed by atoms with E-state index in [2.05, 4.69) is 59.5 Å². The Hall–Kier alpha value is -0.0600. The molecule has 122 valence electrons. The maximum atomic E-state index is 9.28. The first-order valence-electron chi connectivity index (χ1n) is 7.46. The summed E-state index contributed by atoms with van der Waals surface area (Å²) in [7, 11) is 1.93. The van der Waals surface area contributed by atoms with Gasteiger partial charge < -0.3 is 10.4 Å². The van der Waals surface area contributed by atoms with Crippen molar-refractivity contribution in [3.05, 3.63) is 0 Å². The van der Waals surface area contributed by atoms with Gasteiger partial charge in [-0.2, -0.15) is 0 Å². The van der Waals surface area contributed by atoms with Crippen molar-refractivity contribution in [2.75, 3.05) is 13.7 Å². The summed E-state index contributed by atoms with van der Waals surface area (Å²) in [4.78, 5) is 8.67. The van der Waals surface area contributed by atoms with E-state index in [0.717, 1.165) is 12.3 Å². The predicted molar refractivity (Wildman–Crippen MR) is 91.9 cm³/mol. The summed E-state index contributed by atoms with van der Waals surface area (Å²) >= 11 is 3.11. The average Bonchev–Trinajstić information content (AvgIpc) is 2.34. The lowest BCUT2D eigenvalue weighted by Crippen LogP contribution is -2.37. The Bertz CT molecular complexity index is 251. The van der Waals surface area contributed by atoms with Crippen LogP contribution in [0.4, 0.5) is 0 Å². The number of rotatable bonds is 8. The summed E-state index contributed by atoms with van der Waals surface area (Å²) in [6.45, 7) is 14.2. The highest BCUT2D eigenvalue weighted by Crippen LogP contribution is 2.42. The summed E-state index contributed by atoms with van der Waals surface area (Å²) in [5.74, 6) is 0.740. The minimum Gasteiger partial charge on any atom is -0.395 e. The van der Waals surface area contributed by atoms with Gasteiger partial charge in [0.15, 0.2) is 5.62 Å². The van der Waals surface area contributed by atoms with Crippen LogP contribution in [0.15, 0.2) is 0 Å². The van der Waals surface area contributed by atoms with Crippen molar-refractivity contribution in [3.8, 4) is 0 Å². The van der Waals surface area contributed by atoms with E-state index in [1.807, 2.05) is 7.05 Å². The van der Waals surface area contributed by atoms with E-state index in [-0.39, 0.29) is 18.1 Å². The molecule has 0 aliphatic rings. The third-order valence-corrected chi connectivity index (χ3v) is 4.31. The molecule has 0 aromatic rings. The van der Waals surface area contributed by atoms with Crippen molar-refractivity contribution in [1.82, 2.24) is 5.32 Å². The molecule has 0 aromatic carbocycles. The fraction of sp³-hybridized carbons (Fsp3) is 0.938. The van der Waals surface area contributed by atoms with Crippen LogP contribution >= 0.6 is 12.6 Å². The molecule has 0 saturated carbocycles. The molecular weight excluding hydrogens is 270 g/mol. The van der Waals surface area contributed by atoms with Gasteiger partial charge in [-0.25, -0.2) is 0 Å². The number of thiol groups is 1. The minimum absolute atomic E-state index is 0.220. The molecular formula is C16H35NO2S. The van der Waals surface area contributed by atoms with Gasteiger partial charge in [0.1, 0.15) is 0 Å². The normalized spacial score (nSPS) is 15.1. The van der Waals surface area contributed by atoms with E-state index in [1.165, 1.54) is 12.8 Å². The SMILES string of the molecule is CCC(C)C(C)(C)CC(C)(C)CC(CO)NC.O=CS. The Morgan fingerprint density at radius 3 is 2.05 bits per heavy atom. The molecule has 0 saturated heterocycles. The minimum atomic E-state index is 0.220. The first-order chi connectivity index (χ1) is 9.10. The molecule has 2 atom stereocenters. The predicted octanol–water partition coefficient (Wildman–Crippen LogP) is 3.55. The lowest BCUT2D eigenvalue weighted by Gasteiger charge is -2.40. The first-order valence-corrected chi connectivity index (χ1v) is 7.97. The summed E-state index contributed by atoms with van der Waals surface area (Å²) < 4.78 is 0. The largest absolute Gasteiger partial charge is 0.395 e. The third-order valence-electron chi connectivity index (χ3n) is 4.31. The van der Waals surface area contributed by atoms with Gasteiger partial charge in [0, 0.05) is 6.04 Å². The molecule has 3 nitrogen and oxygen atoms in total. The Balaban J connectivity index is 0. The van der Waals surface area contributed by atoms with E-state index in [4.69, 9.17) is 4.79 Å². The van der Waals surface area contributed by atoms with Crippen LogP contribution in [0.3, 0.4) is 0 Å². The zero-order valence-corrected chi connectivity index (χ0v) is 15.3. The molecule has 0 heterocycles. The van der Waals surface area contributed by atoms with E-state index in [1.54, 1.807) is 0 Å². The molecule has 2 unspecified atom stereocenters. The smallest absolute Gasteiger partial charge is 0.173 e. The highest BCUT2D eigenvalue weighted by molar-refractivity contribution is 7.94. The average molecular weight is 306 g/mol. The third kappa shape index (κ3) is 9.78. The molecule has 0 aliphatic heterocycles. The molecule has 0 amide bonds. The van der Waals surface area contributed by atoms with Crippen LogP contribution in [0.1, 0.15) is 60.8 Å². The summed E-state index contributed by atoms with van der Waals surface area (Å²) in [5.41, 5.74) is 1.08. The fourth-order valence-corrected chi connectivity index (χ4v) is 2.96. The van der Waals surface area contributed by atoms with Crippen LogP contribution < -0.4 is 5.32 Å². The molecule has 0 bridgehead atoms. The van der Waals surface area contributed by atoms with Gasteiger partial charge >= 0.3 is 0 Å². The zero-order valence-electron chi connectivity index (χ0n) is 14.4. The van der Waals surface area contributed by atoms with Crippen LogP contribution in [0.2, 0.25) is 0 Å². The number of likely N-dealkylation sites (N-methyl/N-ethyl adjacent to an activating group) is 1. The molecule has 0 fully saturated rings. The summed E-state index contributed by atoms with van der Waals surface area (Å²) in [5, 5.41) is 12.5. The molecule has 0 rings (SSSR count). The number of hydrogen-bond donors (Lipinski definition) is 3. The highest BCUT2D eigenvalue weighted by atomic mass is 32.1. The topological polar surface area (TPSA) is 49.3 Å². The summed E-state index contributed by atoms with van der Waals surface area (Å²) in [6.07, 6.45) is 3.46. The van der Waals surface area contributed by atoms with Crippen LogP contribution in [-0.2, 0) is 4.79 Å². The van der Waals surface area contributed by atoms with Crippen molar-refractivity contribution in [3.63, 3.8) is 0 Å². The van der Waals surface area contributed by atoms with Crippen molar-refractivity contribution >= 4 is 18.2 Å². The second kappa shape index (κ2) is 10.6. The Labute approximate surface area is 131 Å². The number of carbonyl (C=O) groups is 1. The van der Waals surface area contributed by atoms with Gasteiger partial charge in [-0.05, 0) is 36.6 Å². The Morgan fingerprint density at radius 2 is 1.75 bits per heavy atom. The monoisotopic (exact) mass is 305 g/mol. The van der Waals surface area contributed by atoms with Gasteiger partial charge in [-0.1, -0.05) is 48.0 Å². The maximum Gasteiger partial charge on any atom is 0.173 e. The van der Waals surface area contributed by atoms with E-state index < -0.39 is 0 Å². The number of hydrogen-bond acceptors (Lipinski definition) is 3. The van der Waals surface area contributed by atoms with E-state index >= 15 is 0 Å². The molecule has 0 aliphatic carbocycles. The zero-order chi connectivity index (χ0) is 16.4. The molecule has 0 spiro atoms. The number of aliphatic hydroxyl groups excluding tert-OH is 1. The van der Waals surface area contributed by atoms with Gasteiger partial charge in [0.05, 0.1) is 6.61 Å². The first kappa shape index (κ1) is 22.2. The second-order valence-electron chi connectivity index (χ2n) is 7.12. The van der Waals surface area contributed by atoms with Crippen molar-refractivity contribution < 1.29 is 9.90 Å². The van der Waals surface area contributed by atoms with Gasteiger partial charge in [-0.3, -0.25) is 4.79 Å². The number of carbonyl (C=O) groups excluding carboxylic acids is 1. The quantitative estimate of drug-likeness (QED) is 0.475. The van der Waals surface area contributed by atoms with Crippen molar-refractivity contribution in [2.45, 2.75) is 66.8 Å². The van der Waals surface area contributed by atoms with Crippen LogP contribution in [0.5, 0.6) is 0 Å². The van der Waals surface area contributed by atoms with Crippen LogP contribution in [0.25, 0.3) is 0 Å². The Morgan fingerprint density at radius 1 is 1.30 bits per heavy atom. The lowest BCUT2D eigenvalue weighted by molar-refractivity contribution is 0.102. The van der Waals surface area contributed by atoms with Crippen LogP contribution in [0, 0.1) is 16.7 Å². The molecule has 4 heteroatoms. The standard InChI is InChI=1S/C15H33NO.CH2OS/c1-8-12(2)15(5,6)11-14(3,4)9-13(10-17)16-7;2-1-3/h12-13,16-17H,8-11H2,1-7H3;1H,(H,2,3). The van der Waals surface area contributed by atoms with E-state index in [9.17, 15) is 5.11 Å². The van der Waals surface area contributed by atoms with E-state index in [0.29, 0.717) is 11.0 Å². The fourth-order valence-electron chi connectivity index (χ4n) is 2.96.